The molecule has 6 nitrogen and oxygen atoms in total. The molecule has 62 heavy (non-hydrogen) atoms. The molecule has 0 rings (SSSR count). The van der Waals surface area contributed by atoms with Gasteiger partial charge < -0.3 is 14.2 Å². The Bertz CT molecular complexity index is 1260. The van der Waals surface area contributed by atoms with E-state index in [2.05, 4.69) is 118 Å². The van der Waals surface area contributed by atoms with Crippen LogP contribution < -0.4 is 0 Å². The van der Waals surface area contributed by atoms with Crippen molar-refractivity contribution >= 4 is 17.9 Å². The zero-order chi connectivity index (χ0) is 45.1. The van der Waals surface area contributed by atoms with Crippen molar-refractivity contribution in [3.8, 4) is 0 Å². The lowest BCUT2D eigenvalue weighted by molar-refractivity contribution is -0.167. The number of hydrogen-bond donors (Lipinski definition) is 0. The van der Waals surface area contributed by atoms with Crippen LogP contribution in [0.25, 0.3) is 0 Å². The van der Waals surface area contributed by atoms with Gasteiger partial charge in [-0.3, -0.25) is 14.4 Å². The van der Waals surface area contributed by atoms with Crippen LogP contribution in [0.5, 0.6) is 0 Å². The molecule has 0 heterocycles. The molecule has 0 aliphatic rings. The molecule has 0 amide bonds. The summed E-state index contributed by atoms with van der Waals surface area (Å²) < 4.78 is 16.7. The van der Waals surface area contributed by atoms with Gasteiger partial charge in [0.25, 0.3) is 0 Å². The third-order valence-corrected chi connectivity index (χ3v) is 10.3. The second-order valence-electron chi connectivity index (χ2n) is 16.3. The van der Waals surface area contributed by atoms with Crippen molar-refractivity contribution in [1.82, 2.24) is 0 Å². The van der Waals surface area contributed by atoms with Gasteiger partial charge in [0, 0.05) is 19.3 Å². The number of carbonyl (C=O) groups excluding carboxylic acids is 3. The van der Waals surface area contributed by atoms with E-state index < -0.39 is 6.10 Å². The minimum atomic E-state index is -0.814. The molecule has 0 aliphatic heterocycles. The Balaban J connectivity index is 4.53. The summed E-state index contributed by atoms with van der Waals surface area (Å²) in [6.45, 7) is 6.33. The second-order valence-corrected chi connectivity index (χ2v) is 16.3. The van der Waals surface area contributed by atoms with Crippen LogP contribution in [0.15, 0.2) is 97.2 Å². The fraction of sp³-hybridized carbons (Fsp3) is 0.661. The first-order valence-electron chi connectivity index (χ1n) is 25.2. The topological polar surface area (TPSA) is 78.9 Å². The van der Waals surface area contributed by atoms with Gasteiger partial charge in [0.15, 0.2) is 6.10 Å². The lowest BCUT2D eigenvalue weighted by atomic mass is 10.0. The molecule has 0 aromatic rings. The van der Waals surface area contributed by atoms with Gasteiger partial charge in [-0.2, -0.15) is 0 Å². The molecule has 1 unspecified atom stereocenters. The average molecular weight is 861 g/mol. The molecule has 0 spiro atoms. The summed E-state index contributed by atoms with van der Waals surface area (Å²) in [7, 11) is 0. The third-order valence-electron chi connectivity index (χ3n) is 10.3. The fourth-order valence-corrected chi connectivity index (χ4v) is 6.60. The van der Waals surface area contributed by atoms with Crippen LogP contribution in [0.2, 0.25) is 0 Å². The Morgan fingerprint density at radius 2 is 0.629 bits per heavy atom. The molecule has 6 heteroatoms. The number of allylic oxidation sites excluding steroid dienone is 16. The molecular formula is C56H92O6. The Labute approximate surface area is 381 Å². The molecule has 0 aliphatic carbocycles. The number of hydrogen-bond acceptors (Lipinski definition) is 6. The quantitative estimate of drug-likeness (QED) is 0.0263. The Hall–Kier alpha value is -3.67. The Morgan fingerprint density at radius 3 is 0.984 bits per heavy atom. The second kappa shape index (κ2) is 50.0. The molecule has 0 radical (unpaired) electrons. The van der Waals surface area contributed by atoms with Gasteiger partial charge in [0.05, 0.1) is 0 Å². The zero-order valence-electron chi connectivity index (χ0n) is 40.1. The van der Waals surface area contributed by atoms with Crippen LogP contribution in [0, 0.1) is 0 Å². The van der Waals surface area contributed by atoms with Crippen LogP contribution in [0.3, 0.4) is 0 Å². The van der Waals surface area contributed by atoms with Crippen molar-refractivity contribution in [3.63, 3.8) is 0 Å². The summed E-state index contributed by atoms with van der Waals surface area (Å²) in [6.07, 6.45) is 65.4. The number of rotatable bonds is 44. The third kappa shape index (κ3) is 47.4. The predicted octanol–water partition coefficient (Wildman–Crippen LogP) is 16.6. The lowest BCUT2D eigenvalue weighted by Gasteiger charge is -2.18. The monoisotopic (exact) mass is 861 g/mol. The molecule has 0 bridgehead atoms. The van der Waals surface area contributed by atoms with E-state index in [1.807, 2.05) is 0 Å². The maximum atomic E-state index is 12.8. The molecule has 352 valence electrons. The molecule has 0 fully saturated rings. The smallest absolute Gasteiger partial charge is 0.306 e. The number of unbranched alkanes of at least 4 members (excludes halogenated alkanes) is 17. The van der Waals surface area contributed by atoms with Gasteiger partial charge >= 0.3 is 17.9 Å². The first kappa shape index (κ1) is 58.3. The molecule has 0 aromatic heterocycles. The van der Waals surface area contributed by atoms with E-state index in [4.69, 9.17) is 14.2 Å². The van der Waals surface area contributed by atoms with Crippen molar-refractivity contribution in [1.29, 1.82) is 0 Å². The SMILES string of the molecule is CC/C=C\C/C=C\C/C=C\C/C=C\CCCCC(=O)OCC(COC(=O)CCCCCCCCCCCCCCCC)OC(=O)CCCC/C=C\C/C=C\C/C=C\C/C=C\CC. The van der Waals surface area contributed by atoms with Crippen LogP contribution in [0.4, 0.5) is 0 Å². The maximum Gasteiger partial charge on any atom is 0.306 e. The predicted molar refractivity (Wildman–Crippen MR) is 265 cm³/mol. The minimum absolute atomic E-state index is 0.107. The summed E-state index contributed by atoms with van der Waals surface area (Å²) >= 11 is 0. The van der Waals surface area contributed by atoms with Gasteiger partial charge in [-0.15, -0.1) is 0 Å². The minimum Gasteiger partial charge on any atom is -0.462 e. The van der Waals surface area contributed by atoms with Crippen molar-refractivity contribution in [2.45, 2.75) is 226 Å². The van der Waals surface area contributed by atoms with E-state index in [-0.39, 0.29) is 37.5 Å². The highest BCUT2D eigenvalue weighted by Gasteiger charge is 2.19. The van der Waals surface area contributed by atoms with Gasteiger partial charge in [-0.25, -0.2) is 0 Å². The van der Waals surface area contributed by atoms with Crippen LogP contribution >= 0.6 is 0 Å². The molecule has 0 N–H and O–H groups in total. The molecule has 0 aromatic carbocycles. The summed E-state index contributed by atoms with van der Waals surface area (Å²) in [6, 6.07) is 0. The Morgan fingerprint density at radius 1 is 0.339 bits per heavy atom. The molecule has 0 saturated carbocycles. The van der Waals surface area contributed by atoms with E-state index >= 15 is 0 Å². The van der Waals surface area contributed by atoms with Gasteiger partial charge in [0.2, 0.25) is 0 Å². The van der Waals surface area contributed by atoms with Crippen LogP contribution in [0.1, 0.15) is 220 Å². The first-order chi connectivity index (χ1) is 30.5. The van der Waals surface area contributed by atoms with E-state index in [1.54, 1.807) is 0 Å². The highest BCUT2D eigenvalue weighted by molar-refractivity contribution is 5.71. The lowest BCUT2D eigenvalue weighted by Crippen LogP contribution is -2.30. The normalized spacial score (nSPS) is 12.9. The van der Waals surface area contributed by atoms with E-state index in [1.165, 1.54) is 70.6 Å². The average Bonchev–Trinajstić information content (AvgIpc) is 3.27. The van der Waals surface area contributed by atoms with E-state index in [9.17, 15) is 14.4 Å². The van der Waals surface area contributed by atoms with Gasteiger partial charge in [-0.1, -0.05) is 201 Å². The molecule has 1 atom stereocenters. The van der Waals surface area contributed by atoms with Crippen LogP contribution in [-0.4, -0.2) is 37.2 Å². The van der Waals surface area contributed by atoms with Gasteiger partial charge in [0.1, 0.15) is 13.2 Å². The largest absolute Gasteiger partial charge is 0.462 e. The number of carbonyl (C=O) groups is 3. The van der Waals surface area contributed by atoms with Crippen molar-refractivity contribution < 1.29 is 28.6 Å². The molecule has 0 saturated heterocycles. The zero-order valence-corrected chi connectivity index (χ0v) is 40.1. The van der Waals surface area contributed by atoms with E-state index in [0.717, 1.165) is 96.3 Å². The first-order valence-corrected chi connectivity index (χ1v) is 25.2. The number of esters is 3. The standard InChI is InChI=1S/C56H92O6/c1-4-7-10-13-16-19-22-25-28-31-34-37-40-43-46-49-55(58)61-52-53(51-60-54(57)48-45-42-39-36-33-30-27-24-21-18-15-12-9-6-3)62-56(59)50-47-44-41-38-35-32-29-26-23-20-17-14-11-8-5-2/h7-8,10-11,16-17,19-20,25-26,28-29,34-35,37-38,53H,4-6,9,12-15,18,21-24,27,30-33,36,39-52H2,1-3H3/b10-7-,11-8-,19-16-,20-17-,28-25-,29-26-,37-34-,38-35-. The van der Waals surface area contributed by atoms with Crippen molar-refractivity contribution in [3.05, 3.63) is 97.2 Å². The van der Waals surface area contributed by atoms with Crippen molar-refractivity contribution in [2.24, 2.45) is 0 Å². The molecular weight excluding hydrogens is 769 g/mol. The fourth-order valence-electron chi connectivity index (χ4n) is 6.60. The summed E-state index contributed by atoms with van der Waals surface area (Å²) in [4.78, 5) is 37.9. The maximum absolute atomic E-state index is 12.8. The van der Waals surface area contributed by atoms with E-state index in [0.29, 0.717) is 25.7 Å². The highest BCUT2D eigenvalue weighted by atomic mass is 16.6. The van der Waals surface area contributed by atoms with Crippen molar-refractivity contribution in [2.75, 3.05) is 13.2 Å². The van der Waals surface area contributed by atoms with Crippen LogP contribution in [-0.2, 0) is 28.6 Å². The highest BCUT2D eigenvalue weighted by Crippen LogP contribution is 2.14. The van der Waals surface area contributed by atoms with Gasteiger partial charge in [-0.05, 0) is 96.3 Å². The summed E-state index contributed by atoms with van der Waals surface area (Å²) in [5, 5.41) is 0. The summed E-state index contributed by atoms with van der Waals surface area (Å²) in [5.74, 6) is -0.995. The Kier molecular flexibility index (Phi) is 47.0. The summed E-state index contributed by atoms with van der Waals surface area (Å²) in [5.41, 5.74) is 0. The number of ether oxygens (including phenoxy) is 3.